The van der Waals surface area contributed by atoms with E-state index < -0.39 is 5.22 Å². The first kappa shape index (κ1) is 8.16. The van der Waals surface area contributed by atoms with Crippen molar-refractivity contribution in [3.63, 3.8) is 0 Å². The zero-order valence-corrected chi connectivity index (χ0v) is 7.55. The fourth-order valence-electron chi connectivity index (χ4n) is 1.34. The standard InChI is InChI=1S/C6H8O2Si2/c7-5(9)4-2-1-3-6(4,8)10/h4,8H,1-3H2/t4-,6+/m0/s1. The number of rotatable bonds is 1. The van der Waals surface area contributed by atoms with Gasteiger partial charge in [0, 0.05) is 5.92 Å². The molecule has 1 rings (SSSR count). The number of hydrogen-bond acceptors (Lipinski definition) is 2. The van der Waals surface area contributed by atoms with E-state index >= 15 is 0 Å². The molecule has 2 nitrogen and oxygen atoms in total. The fourth-order valence-corrected chi connectivity index (χ4v) is 2.32. The number of hydrogen-bond donors (Lipinski definition) is 1. The van der Waals surface area contributed by atoms with E-state index in [9.17, 15) is 9.90 Å². The molecular weight excluding hydrogens is 160 g/mol. The third-order valence-corrected chi connectivity index (χ3v) is 2.89. The van der Waals surface area contributed by atoms with Gasteiger partial charge in [0.25, 0.3) is 0 Å². The van der Waals surface area contributed by atoms with E-state index in [1.165, 1.54) is 0 Å². The van der Waals surface area contributed by atoms with E-state index in [-0.39, 0.29) is 11.3 Å². The summed E-state index contributed by atoms with van der Waals surface area (Å²) in [6.07, 6.45) is 2.33. The maximum atomic E-state index is 10.8. The van der Waals surface area contributed by atoms with Gasteiger partial charge in [0.15, 0.2) is 0 Å². The van der Waals surface area contributed by atoms with Crippen molar-refractivity contribution in [1.29, 1.82) is 0 Å². The maximum absolute atomic E-state index is 10.8. The number of carbonyl (C=O) groups excluding carboxylic acids is 1. The molecule has 1 N–H and O–H groups in total. The van der Waals surface area contributed by atoms with Crippen LogP contribution in [0.4, 0.5) is 0 Å². The molecule has 1 aliphatic carbocycles. The highest BCUT2D eigenvalue weighted by Crippen LogP contribution is 2.32. The molecule has 6 radical (unpaired) electrons. The van der Waals surface area contributed by atoms with Gasteiger partial charge in [-0.2, -0.15) is 0 Å². The van der Waals surface area contributed by atoms with Crippen LogP contribution in [0, 0.1) is 5.92 Å². The summed E-state index contributed by atoms with van der Waals surface area (Å²) in [5.74, 6) is -0.277. The van der Waals surface area contributed by atoms with E-state index in [0.29, 0.717) is 6.42 Å². The molecule has 10 heavy (non-hydrogen) atoms. The van der Waals surface area contributed by atoms with Crippen molar-refractivity contribution in [3.8, 4) is 0 Å². The van der Waals surface area contributed by atoms with Gasteiger partial charge >= 0.3 is 0 Å². The first-order valence-electron chi connectivity index (χ1n) is 3.27. The van der Waals surface area contributed by atoms with Gasteiger partial charge in [0.2, 0.25) is 0 Å². The summed E-state index contributed by atoms with van der Waals surface area (Å²) in [4.78, 5) is 10.8. The van der Waals surface area contributed by atoms with Crippen LogP contribution in [0.15, 0.2) is 0 Å². The average Bonchev–Trinajstić information content (AvgIpc) is 2.08. The minimum Gasteiger partial charge on any atom is -0.394 e. The predicted molar refractivity (Wildman–Crippen MR) is 38.8 cm³/mol. The summed E-state index contributed by atoms with van der Waals surface area (Å²) >= 11 is 0. The zero-order chi connectivity index (χ0) is 7.78. The van der Waals surface area contributed by atoms with Crippen LogP contribution < -0.4 is 0 Å². The lowest BCUT2D eigenvalue weighted by Crippen LogP contribution is -2.38. The second-order valence-electron chi connectivity index (χ2n) is 2.73. The van der Waals surface area contributed by atoms with Crippen LogP contribution in [0.5, 0.6) is 0 Å². The van der Waals surface area contributed by atoms with Crippen LogP contribution in [0.1, 0.15) is 19.3 Å². The van der Waals surface area contributed by atoms with Crippen molar-refractivity contribution in [2.24, 2.45) is 5.92 Å². The molecule has 1 saturated carbocycles. The van der Waals surface area contributed by atoms with Gasteiger partial charge in [-0.05, 0) is 12.8 Å². The highest BCUT2D eigenvalue weighted by Gasteiger charge is 2.39. The molecule has 1 fully saturated rings. The Balaban J connectivity index is 2.68. The van der Waals surface area contributed by atoms with Crippen molar-refractivity contribution >= 4 is 25.9 Å². The third-order valence-electron chi connectivity index (χ3n) is 1.94. The third kappa shape index (κ3) is 1.38. The summed E-state index contributed by atoms with van der Waals surface area (Å²) < 4.78 is 0. The van der Waals surface area contributed by atoms with Crippen LogP contribution in [0.3, 0.4) is 0 Å². The van der Waals surface area contributed by atoms with Crippen molar-refractivity contribution in [2.45, 2.75) is 24.5 Å². The summed E-state index contributed by atoms with van der Waals surface area (Å²) in [5, 5.41) is 8.41. The average molecular weight is 168 g/mol. The van der Waals surface area contributed by atoms with Crippen LogP contribution in [-0.2, 0) is 4.79 Å². The monoisotopic (exact) mass is 168 g/mol. The van der Waals surface area contributed by atoms with Crippen LogP contribution in [-0.4, -0.2) is 36.2 Å². The smallest absolute Gasteiger partial charge is 0.126 e. The molecule has 1 aliphatic rings. The second kappa shape index (κ2) is 2.60. The quantitative estimate of drug-likeness (QED) is 0.528. The second-order valence-corrected chi connectivity index (χ2v) is 4.09. The number of aliphatic hydroxyl groups is 1. The van der Waals surface area contributed by atoms with E-state index in [1.807, 2.05) is 0 Å². The van der Waals surface area contributed by atoms with Crippen molar-refractivity contribution in [2.75, 3.05) is 0 Å². The Morgan fingerprint density at radius 1 is 1.70 bits per heavy atom. The fraction of sp³-hybridized carbons (Fsp3) is 0.833. The largest absolute Gasteiger partial charge is 0.394 e. The Morgan fingerprint density at radius 2 is 2.30 bits per heavy atom. The van der Waals surface area contributed by atoms with E-state index in [1.54, 1.807) is 0 Å². The molecule has 2 atom stereocenters. The number of carbonyl (C=O) groups is 1. The van der Waals surface area contributed by atoms with Gasteiger partial charge in [-0.25, -0.2) is 0 Å². The van der Waals surface area contributed by atoms with Crippen LogP contribution in [0.2, 0.25) is 0 Å². The van der Waals surface area contributed by atoms with Gasteiger partial charge in [-0.1, -0.05) is 6.42 Å². The molecule has 0 amide bonds. The summed E-state index contributed by atoms with van der Waals surface area (Å²) in [5.41, 5.74) is 0. The van der Waals surface area contributed by atoms with E-state index in [2.05, 4.69) is 20.5 Å². The molecular formula is C6H8O2Si2. The molecule has 0 bridgehead atoms. The summed E-state index contributed by atoms with van der Waals surface area (Å²) in [6, 6.07) is 0. The molecule has 52 valence electrons. The van der Waals surface area contributed by atoms with Crippen LogP contribution >= 0.6 is 0 Å². The Labute approximate surface area is 66.9 Å². The minimum atomic E-state index is -0.959. The predicted octanol–water partition coefficient (Wildman–Crippen LogP) is -0.661. The molecule has 0 aromatic rings. The van der Waals surface area contributed by atoms with Crippen molar-refractivity contribution < 1.29 is 9.90 Å². The highest BCUT2D eigenvalue weighted by atomic mass is 28.1. The Kier molecular flexibility index (Phi) is 2.12. The summed E-state index contributed by atoms with van der Waals surface area (Å²) in [6.45, 7) is 0. The topological polar surface area (TPSA) is 37.3 Å². The molecule has 0 unspecified atom stereocenters. The molecule has 4 heteroatoms. The first-order chi connectivity index (χ1) is 4.54. The normalized spacial score (nSPS) is 40.1. The molecule has 0 saturated heterocycles. The van der Waals surface area contributed by atoms with Crippen LogP contribution in [0.25, 0.3) is 0 Å². The first-order valence-corrected chi connectivity index (χ1v) is 4.27. The van der Waals surface area contributed by atoms with Gasteiger partial charge in [-0.15, -0.1) is 0 Å². The Morgan fingerprint density at radius 3 is 2.50 bits per heavy atom. The molecule has 0 aromatic carbocycles. The highest BCUT2D eigenvalue weighted by molar-refractivity contribution is 6.58. The molecule has 0 aliphatic heterocycles. The van der Waals surface area contributed by atoms with Gasteiger partial charge in [-0.3, -0.25) is 0 Å². The lowest BCUT2D eigenvalue weighted by atomic mass is 10.1. The Hall–Kier alpha value is 0.0638. The molecule has 0 heterocycles. The Bertz CT molecular complexity index is 156. The van der Waals surface area contributed by atoms with Crippen molar-refractivity contribution in [1.82, 2.24) is 0 Å². The SMILES string of the molecule is O=C([Si])[C@@H]1CCC[C@@]1(O)[Si]. The van der Waals surface area contributed by atoms with Gasteiger partial charge in [0.05, 0.1) is 15.5 Å². The molecule has 0 aromatic heterocycles. The minimum absolute atomic E-state index is 0.116. The molecule has 0 spiro atoms. The van der Waals surface area contributed by atoms with Crippen molar-refractivity contribution in [3.05, 3.63) is 0 Å². The maximum Gasteiger partial charge on any atom is 0.126 e. The van der Waals surface area contributed by atoms with Gasteiger partial charge in [0.1, 0.15) is 15.6 Å². The van der Waals surface area contributed by atoms with E-state index in [0.717, 1.165) is 12.8 Å². The lowest BCUT2D eigenvalue weighted by Gasteiger charge is -2.22. The van der Waals surface area contributed by atoms with E-state index in [4.69, 9.17) is 0 Å². The zero-order valence-electron chi connectivity index (χ0n) is 5.55. The summed E-state index contributed by atoms with van der Waals surface area (Å²) in [7, 11) is 6.06. The van der Waals surface area contributed by atoms with Gasteiger partial charge < -0.3 is 9.90 Å². The lowest BCUT2D eigenvalue weighted by molar-refractivity contribution is -0.118.